The summed E-state index contributed by atoms with van der Waals surface area (Å²) in [5, 5.41) is 8.53. The number of aliphatic hydroxyl groups is 1. The third-order valence-corrected chi connectivity index (χ3v) is 4.60. The van der Waals surface area contributed by atoms with E-state index in [2.05, 4.69) is 31.7 Å². The van der Waals surface area contributed by atoms with Crippen LogP contribution in [0.1, 0.15) is 96.8 Å². The van der Waals surface area contributed by atoms with E-state index in [1.165, 1.54) is 70.6 Å². The molecule has 0 radical (unpaired) electrons. The van der Waals surface area contributed by atoms with Gasteiger partial charge in [0.2, 0.25) is 0 Å². The van der Waals surface area contributed by atoms with Gasteiger partial charge in [0.25, 0.3) is 0 Å². The minimum Gasteiger partial charge on any atom is -0.464 e. The lowest BCUT2D eigenvalue weighted by Gasteiger charge is -2.08. The molecule has 0 aliphatic carbocycles. The van der Waals surface area contributed by atoms with Crippen molar-refractivity contribution in [3.8, 4) is 0 Å². The number of ether oxygens (including phenoxy) is 1. The molecule has 148 valence electrons. The van der Waals surface area contributed by atoms with Crippen molar-refractivity contribution < 1.29 is 14.6 Å². The molecule has 1 N–H and O–H groups in total. The van der Waals surface area contributed by atoms with Crippen molar-refractivity contribution in [1.82, 2.24) is 0 Å². The number of carbonyl (C=O) groups is 1. The van der Waals surface area contributed by atoms with Gasteiger partial charge in [0.05, 0.1) is 11.9 Å². The molecule has 0 aromatic heterocycles. The highest BCUT2D eigenvalue weighted by Gasteiger charge is 2.06. The van der Waals surface area contributed by atoms with Crippen LogP contribution < -0.4 is 0 Å². The van der Waals surface area contributed by atoms with Gasteiger partial charge in [-0.25, -0.2) is 0 Å². The predicted octanol–water partition coefficient (Wildman–Crippen LogP) is 5.86. The van der Waals surface area contributed by atoms with E-state index in [-0.39, 0.29) is 24.4 Å². The summed E-state index contributed by atoms with van der Waals surface area (Å²) in [4.78, 5) is 11.5. The second-order valence-electron chi connectivity index (χ2n) is 6.85. The van der Waals surface area contributed by atoms with Gasteiger partial charge in [0.15, 0.2) is 0 Å². The summed E-state index contributed by atoms with van der Waals surface area (Å²) >= 11 is 4.07. The van der Waals surface area contributed by atoms with Crippen molar-refractivity contribution in [3.05, 3.63) is 12.2 Å². The van der Waals surface area contributed by atoms with E-state index in [9.17, 15) is 4.79 Å². The van der Waals surface area contributed by atoms with Crippen molar-refractivity contribution in [2.75, 3.05) is 13.2 Å². The van der Waals surface area contributed by atoms with Crippen LogP contribution in [0.2, 0.25) is 0 Å². The van der Waals surface area contributed by atoms with Gasteiger partial charge in [-0.05, 0) is 32.1 Å². The molecule has 25 heavy (non-hydrogen) atoms. The first-order chi connectivity index (χ1) is 12.2. The quantitative estimate of drug-likeness (QED) is 0.137. The largest absolute Gasteiger partial charge is 0.464 e. The minimum atomic E-state index is -0.266. The maximum absolute atomic E-state index is 11.5. The monoisotopic (exact) mass is 372 g/mol. The van der Waals surface area contributed by atoms with Gasteiger partial charge < -0.3 is 9.84 Å². The standard InChI is InChI=1S/C21H40O3S/c1-2-3-4-5-6-7-8-9-10-11-12-13-14-15-16-17-21(23)24-19-20(25)18-22/h9-10,20,22,25H,2-8,11-19H2,1H3/b10-9-. The summed E-state index contributed by atoms with van der Waals surface area (Å²) in [6.07, 6.45) is 21.4. The Hall–Kier alpha value is -0.480. The molecule has 0 bridgehead atoms. The van der Waals surface area contributed by atoms with E-state index < -0.39 is 0 Å². The van der Waals surface area contributed by atoms with Crippen molar-refractivity contribution in [1.29, 1.82) is 0 Å². The lowest BCUT2D eigenvalue weighted by Crippen LogP contribution is -2.17. The van der Waals surface area contributed by atoms with Gasteiger partial charge in [-0.15, -0.1) is 0 Å². The molecule has 0 spiro atoms. The van der Waals surface area contributed by atoms with Gasteiger partial charge >= 0.3 is 5.97 Å². The van der Waals surface area contributed by atoms with Crippen molar-refractivity contribution >= 4 is 18.6 Å². The van der Waals surface area contributed by atoms with Gasteiger partial charge in [0.1, 0.15) is 6.61 Å². The van der Waals surface area contributed by atoms with E-state index in [0.29, 0.717) is 6.42 Å². The fourth-order valence-electron chi connectivity index (χ4n) is 2.65. The SMILES string of the molecule is CCCCCCCC/C=C\CCCCCCCC(=O)OCC(S)CO. The number of hydrogen-bond donors (Lipinski definition) is 2. The van der Waals surface area contributed by atoms with E-state index >= 15 is 0 Å². The molecule has 0 aromatic rings. The van der Waals surface area contributed by atoms with Crippen LogP contribution in [0.25, 0.3) is 0 Å². The Morgan fingerprint density at radius 3 is 2.00 bits per heavy atom. The molecule has 0 heterocycles. The summed E-state index contributed by atoms with van der Waals surface area (Å²) in [5.74, 6) is -0.176. The van der Waals surface area contributed by atoms with Crippen LogP contribution in [-0.2, 0) is 9.53 Å². The lowest BCUT2D eigenvalue weighted by molar-refractivity contribution is -0.143. The summed E-state index contributed by atoms with van der Waals surface area (Å²) < 4.78 is 5.03. The third kappa shape index (κ3) is 19.7. The second-order valence-corrected chi connectivity index (χ2v) is 7.58. The van der Waals surface area contributed by atoms with Crippen LogP contribution in [0.5, 0.6) is 0 Å². The smallest absolute Gasteiger partial charge is 0.305 e. The molecule has 0 saturated heterocycles. The van der Waals surface area contributed by atoms with Crippen LogP contribution in [0.4, 0.5) is 0 Å². The maximum atomic E-state index is 11.5. The Kier molecular flexibility index (Phi) is 19.5. The maximum Gasteiger partial charge on any atom is 0.305 e. The van der Waals surface area contributed by atoms with Crippen LogP contribution >= 0.6 is 12.6 Å². The summed E-state index contributed by atoms with van der Waals surface area (Å²) in [5.41, 5.74) is 0. The lowest BCUT2D eigenvalue weighted by atomic mass is 10.1. The van der Waals surface area contributed by atoms with Crippen LogP contribution in [0.15, 0.2) is 12.2 Å². The number of hydrogen-bond acceptors (Lipinski definition) is 4. The first-order valence-electron chi connectivity index (χ1n) is 10.3. The molecule has 4 heteroatoms. The second kappa shape index (κ2) is 19.8. The molecule has 1 atom stereocenters. The summed E-state index contributed by atoms with van der Waals surface area (Å²) in [7, 11) is 0. The number of allylic oxidation sites excluding steroid dienone is 2. The number of esters is 1. The first kappa shape index (κ1) is 24.5. The highest BCUT2D eigenvalue weighted by Crippen LogP contribution is 2.10. The molecule has 0 aliphatic heterocycles. The molecule has 0 fully saturated rings. The molecule has 0 rings (SSSR count). The van der Waals surface area contributed by atoms with Crippen molar-refractivity contribution in [2.45, 2.75) is 102 Å². The number of unbranched alkanes of at least 4 members (excludes halogenated alkanes) is 11. The van der Waals surface area contributed by atoms with Gasteiger partial charge in [0, 0.05) is 6.42 Å². The van der Waals surface area contributed by atoms with E-state index in [1.54, 1.807) is 0 Å². The highest BCUT2D eigenvalue weighted by atomic mass is 32.1. The number of rotatable bonds is 18. The Morgan fingerprint density at radius 1 is 0.920 bits per heavy atom. The fourth-order valence-corrected chi connectivity index (χ4v) is 2.73. The van der Waals surface area contributed by atoms with Gasteiger partial charge in [-0.1, -0.05) is 70.4 Å². The van der Waals surface area contributed by atoms with E-state index in [1.807, 2.05) is 0 Å². The Balaban J connectivity index is 3.22. The minimum absolute atomic E-state index is 0.0657. The molecular formula is C21H40O3S. The topological polar surface area (TPSA) is 46.5 Å². The Morgan fingerprint density at radius 2 is 1.44 bits per heavy atom. The Labute approximate surface area is 161 Å². The molecule has 0 amide bonds. The summed E-state index contributed by atoms with van der Waals surface area (Å²) in [6.45, 7) is 2.39. The zero-order chi connectivity index (χ0) is 18.6. The normalized spacial score (nSPS) is 12.6. The molecular weight excluding hydrogens is 332 g/mol. The van der Waals surface area contributed by atoms with E-state index in [0.717, 1.165) is 12.8 Å². The molecule has 3 nitrogen and oxygen atoms in total. The average molecular weight is 373 g/mol. The predicted molar refractivity (Wildman–Crippen MR) is 110 cm³/mol. The van der Waals surface area contributed by atoms with Crippen LogP contribution in [0.3, 0.4) is 0 Å². The van der Waals surface area contributed by atoms with Gasteiger partial charge in [-0.2, -0.15) is 12.6 Å². The molecule has 0 aliphatic rings. The molecule has 0 saturated carbocycles. The number of aliphatic hydroxyl groups excluding tert-OH is 1. The van der Waals surface area contributed by atoms with Crippen molar-refractivity contribution in [2.24, 2.45) is 0 Å². The molecule has 1 unspecified atom stereocenters. The zero-order valence-electron chi connectivity index (χ0n) is 16.3. The highest BCUT2D eigenvalue weighted by molar-refractivity contribution is 7.81. The molecule has 0 aromatic carbocycles. The van der Waals surface area contributed by atoms with Crippen molar-refractivity contribution in [3.63, 3.8) is 0 Å². The fraction of sp³-hybridized carbons (Fsp3) is 0.857. The first-order valence-corrected chi connectivity index (χ1v) is 10.8. The van der Waals surface area contributed by atoms with Gasteiger partial charge in [-0.3, -0.25) is 4.79 Å². The zero-order valence-corrected chi connectivity index (χ0v) is 17.2. The third-order valence-electron chi connectivity index (χ3n) is 4.29. The average Bonchev–Trinajstić information content (AvgIpc) is 2.62. The number of thiol groups is 1. The van der Waals surface area contributed by atoms with E-state index in [4.69, 9.17) is 9.84 Å². The Bertz CT molecular complexity index is 318. The van der Waals surface area contributed by atoms with Crippen LogP contribution in [-0.4, -0.2) is 29.5 Å². The summed E-state index contributed by atoms with van der Waals surface area (Å²) in [6, 6.07) is 0. The van der Waals surface area contributed by atoms with Crippen LogP contribution in [0, 0.1) is 0 Å². The number of carbonyl (C=O) groups excluding carboxylic acids is 1.